The Hall–Kier alpha value is -2.23. The number of hydrogen-bond donors (Lipinski definition) is 0. The van der Waals surface area contributed by atoms with Crippen molar-refractivity contribution in [1.29, 1.82) is 0 Å². The van der Waals surface area contributed by atoms with Crippen LogP contribution in [0.2, 0.25) is 0 Å². The molecule has 0 saturated heterocycles. The van der Waals surface area contributed by atoms with E-state index in [0.717, 1.165) is 23.5 Å². The molecule has 112 valence electrons. The van der Waals surface area contributed by atoms with E-state index in [1.54, 1.807) is 6.20 Å². The lowest BCUT2D eigenvalue weighted by Crippen LogP contribution is -2.49. The molecule has 0 unspecified atom stereocenters. The third kappa shape index (κ3) is 1.61. The lowest BCUT2D eigenvalue weighted by atomic mass is 9.79. The summed E-state index contributed by atoms with van der Waals surface area (Å²) in [6, 6.07) is 8.01. The van der Waals surface area contributed by atoms with Gasteiger partial charge in [0.2, 0.25) is 5.91 Å². The van der Waals surface area contributed by atoms with E-state index in [-0.39, 0.29) is 11.4 Å². The first-order valence-electron chi connectivity index (χ1n) is 7.66. The number of nitrogens with zero attached hydrogens (tertiary/aromatic N) is 3. The van der Waals surface area contributed by atoms with Crippen molar-refractivity contribution >= 4 is 11.7 Å². The Balaban J connectivity index is 1.91. The van der Waals surface area contributed by atoms with Gasteiger partial charge in [0, 0.05) is 35.6 Å². The van der Waals surface area contributed by atoms with Crippen LogP contribution in [-0.2, 0) is 23.1 Å². The molecular weight excluding hydrogens is 274 g/mol. The van der Waals surface area contributed by atoms with Gasteiger partial charge in [-0.25, -0.2) is 4.98 Å². The highest BCUT2D eigenvalue weighted by molar-refractivity contribution is 6.08. The molecule has 2 aromatic rings. The molecule has 0 saturated carbocycles. The molecule has 0 N–H and O–H groups in total. The molecule has 1 atom stereocenters. The minimum atomic E-state index is -0.520. The maximum atomic E-state index is 13.4. The summed E-state index contributed by atoms with van der Waals surface area (Å²) in [7, 11) is 0. The Bertz CT molecular complexity index is 751. The summed E-state index contributed by atoms with van der Waals surface area (Å²) in [5.41, 5.74) is 2.47. The fourth-order valence-corrected chi connectivity index (χ4v) is 3.80. The van der Waals surface area contributed by atoms with Crippen molar-refractivity contribution in [1.82, 2.24) is 9.97 Å². The number of rotatable bonds is 0. The van der Waals surface area contributed by atoms with E-state index in [1.807, 2.05) is 23.2 Å². The molecule has 1 amide bonds. The minimum absolute atomic E-state index is 0.159. The number of aromatic nitrogens is 2. The molecule has 1 aliphatic carbocycles. The number of hydrogen-bond acceptors (Lipinski definition) is 3. The zero-order chi connectivity index (χ0) is 15.5. The van der Waals surface area contributed by atoms with Crippen LogP contribution in [0.1, 0.15) is 37.6 Å². The third-order valence-electron chi connectivity index (χ3n) is 4.74. The van der Waals surface area contributed by atoms with Crippen molar-refractivity contribution in [2.24, 2.45) is 0 Å². The van der Waals surface area contributed by atoms with Crippen LogP contribution in [-0.4, -0.2) is 21.4 Å². The first-order valence-corrected chi connectivity index (χ1v) is 7.66. The fraction of sp³-hybridized carbons (Fsp3) is 0.389. The SMILES string of the molecule is CC(C)(C)N1C(=O)[C@]2(Cc3cccnc3C2)c2cccnc21. The molecule has 3 heterocycles. The molecule has 0 radical (unpaired) electrons. The second-order valence-corrected chi connectivity index (χ2v) is 7.23. The lowest BCUT2D eigenvalue weighted by molar-refractivity contribution is -0.123. The standard InChI is InChI=1S/C18H19N3O/c1-17(2,3)21-15-13(7-5-9-20-15)18(16(21)22)10-12-6-4-8-19-14(12)11-18/h4-9H,10-11H2,1-3H3/t18-/m0/s1. The van der Waals surface area contributed by atoms with Crippen LogP contribution in [0.25, 0.3) is 0 Å². The van der Waals surface area contributed by atoms with Crippen LogP contribution in [0.3, 0.4) is 0 Å². The van der Waals surface area contributed by atoms with Gasteiger partial charge < -0.3 is 0 Å². The first-order chi connectivity index (χ1) is 10.4. The van der Waals surface area contributed by atoms with Crippen LogP contribution in [0, 0.1) is 0 Å². The molecule has 2 aromatic heterocycles. The van der Waals surface area contributed by atoms with Crippen molar-refractivity contribution in [3.05, 3.63) is 53.5 Å². The number of pyridine rings is 2. The van der Waals surface area contributed by atoms with Crippen molar-refractivity contribution in [2.45, 2.75) is 44.6 Å². The summed E-state index contributed by atoms with van der Waals surface area (Å²) in [4.78, 5) is 24.2. The van der Waals surface area contributed by atoms with Gasteiger partial charge in [-0.1, -0.05) is 12.1 Å². The highest BCUT2D eigenvalue weighted by Crippen LogP contribution is 2.50. The van der Waals surface area contributed by atoms with Crippen LogP contribution in [0.5, 0.6) is 0 Å². The van der Waals surface area contributed by atoms with E-state index < -0.39 is 5.41 Å². The molecular formula is C18H19N3O. The van der Waals surface area contributed by atoms with Crippen molar-refractivity contribution in [3.63, 3.8) is 0 Å². The Morgan fingerprint density at radius 2 is 1.82 bits per heavy atom. The minimum Gasteiger partial charge on any atom is -0.290 e. The van der Waals surface area contributed by atoms with Crippen LogP contribution >= 0.6 is 0 Å². The maximum absolute atomic E-state index is 13.4. The molecule has 4 heteroatoms. The van der Waals surface area contributed by atoms with Crippen molar-refractivity contribution < 1.29 is 4.79 Å². The monoisotopic (exact) mass is 293 g/mol. The largest absolute Gasteiger partial charge is 0.290 e. The van der Waals surface area contributed by atoms with E-state index in [2.05, 4.69) is 42.9 Å². The molecule has 1 spiro atoms. The summed E-state index contributed by atoms with van der Waals surface area (Å²) in [6.07, 6.45) is 4.97. The highest BCUT2D eigenvalue weighted by atomic mass is 16.2. The normalized spacial score (nSPS) is 23.0. The Labute approximate surface area is 130 Å². The zero-order valence-electron chi connectivity index (χ0n) is 13.1. The predicted octanol–water partition coefficient (Wildman–Crippen LogP) is 2.66. The number of anilines is 1. The molecule has 2 aliphatic rings. The smallest absolute Gasteiger partial charge is 0.240 e. The summed E-state index contributed by atoms with van der Waals surface area (Å²) >= 11 is 0. The second kappa shape index (κ2) is 4.15. The highest BCUT2D eigenvalue weighted by Gasteiger charge is 2.56. The van der Waals surface area contributed by atoms with Crippen molar-refractivity contribution in [3.8, 4) is 0 Å². The topological polar surface area (TPSA) is 46.1 Å². The molecule has 1 aliphatic heterocycles. The molecule has 4 rings (SSSR count). The average Bonchev–Trinajstić information content (AvgIpc) is 2.96. The third-order valence-corrected chi connectivity index (χ3v) is 4.74. The molecule has 0 fully saturated rings. The average molecular weight is 293 g/mol. The predicted molar refractivity (Wildman–Crippen MR) is 84.8 cm³/mol. The Kier molecular flexibility index (Phi) is 2.54. The van der Waals surface area contributed by atoms with Gasteiger partial charge >= 0.3 is 0 Å². The van der Waals surface area contributed by atoms with E-state index in [9.17, 15) is 4.79 Å². The van der Waals surface area contributed by atoms with Gasteiger partial charge in [-0.3, -0.25) is 14.7 Å². The Morgan fingerprint density at radius 1 is 1.09 bits per heavy atom. The number of carbonyl (C=O) groups excluding carboxylic acids is 1. The number of amides is 1. The maximum Gasteiger partial charge on any atom is 0.240 e. The van der Waals surface area contributed by atoms with Gasteiger partial charge in [0.05, 0.1) is 5.41 Å². The number of carbonyl (C=O) groups is 1. The summed E-state index contributed by atoms with van der Waals surface area (Å²) in [5.74, 6) is 0.972. The van der Waals surface area contributed by atoms with E-state index in [0.29, 0.717) is 6.42 Å². The van der Waals surface area contributed by atoms with Gasteiger partial charge in [-0.2, -0.15) is 0 Å². The van der Waals surface area contributed by atoms with Crippen molar-refractivity contribution in [2.75, 3.05) is 4.90 Å². The quantitative estimate of drug-likeness (QED) is 0.750. The van der Waals surface area contributed by atoms with E-state index in [4.69, 9.17) is 0 Å². The van der Waals surface area contributed by atoms with Gasteiger partial charge in [0.25, 0.3) is 0 Å². The Morgan fingerprint density at radius 3 is 2.55 bits per heavy atom. The molecule has 22 heavy (non-hydrogen) atoms. The van der Waals surface area contributed by atoms with Gasteiger partial charge in [0.15, 0.2) is 0 Å². The molecule has 0 bridgehead atoms. The summed E-state index contributed by atoms with van der Waals surface area (Å²) in [5, 5.41) is 0. The summed E-state index contributed by atoms with van der Waals surface area (Å²) in [6.45, 7) is 6.17. The van der Waals surface area contributed by atoms with Gasteiger partial charge in [-0.15, -0.1) is 0 Å². The lowest BCUT2D eigenvalue weighted by Gasteiger charge is -2.33. The first kappa shape index (κ1) is 13.4. The molecule has 0 aromatic carbocycles. The fourth-order valence-electron chi connectivity index (χ4n) is 3.80. The summed E-state index contributed by atoms with van der Waals surface area (Å²) < 4.78 is 0. The van der Waals surface area contributed by atoms with Gasteiger partial charge in [0.1, 0.15) is 5.82 Å². The molecule has 4 nitrogen and oxygen atoms in total. The van der Waals surface area contributed by atoms with Crippen LogP contribution in [0.15, 0.2) is 36.7 Å². The van der Waals surface area contributed by atoms with Crippen LogP contribution in [0.4, 0.5) is 5.82 Å². The van der Waals surface area contributed by atoms with E-state index >= 15 is 0 Å². The van der Waals surface area contributed by atoms with E-state index in [1.165, 1.54) is 5.56 Å². The number of fused-ring (bicyclic) bond motifs is 3. The van der Waals surface area contributed by atoms with Crippen LogP contribution < -0.4 is 4.90 Å². The zero-order valence-corrected chi connectivity index (χ0v) is 13.1. The van der Waals surface area contributed by atoms with Gasteiger partial charge in [-0.05, 0) is 44.9 Å². The second-order valence-electron chi connectivity index (χ2n) is 7.23.